The van der Waals surface area contributed by atoms with E-state index in [1.165, 1.54) is 32.1 Å². The van der Waals surface area contributed by atoms with Crippen LogP contribution in [0.25, 0.3) is 0 Å². The fourth-order valence-electron chi connectivity index (χ4n) is 1.92. The Balaban J connectivity index is 2.57. The Morgan fingerprint density at radius 2 is 1.73 bits per heavy atom. The van der Waals surface area contributed by atoms with E-state index < -0.39 is 0 Å². The van der Waals surface area contributed by atoms with Gasteiger partial charge < -0.3 is 5.73 Å². The van der Waals surface area contributed by atoms with Gasteiger partial charge in [-0.25, -0.2) is 0 Å². The molecule has 88 valence electrons. The van der Waals surface area contributed by atoms with Gasteiger partial charge in [-0.2, -0.15) is 0 Å². The fourth-order valence-corrected chi connectivity index (χ4v) is 1.92. The third kappa shape index (κ3) is 3.84. The van der Waals surface area contributed by atoms with Gasteiger partial charge in [-0.15, -0.1) is 0 Å². The SMILES string of the molecule is CC(N=C(N)C1CCCCC1)C(C)(C)C. The molecule has 2 nitrogen and oxygen atoms in total. The summed E-state index contributed by atoms with van der Waals surface area (Å²) < 4.78 is 0. The summed E-state index contributed by atoms with van der Waals surface area (Å²) in [4.78, 5) is 4.67. The van der Waals surface area contributed by atoms with Crippen LogP contribution in [0.2, 0.25) is 0 Å². The summed E-state index contributed by atoms with van der Waals surface area (Å²) in [6, 6.07) is 0.319. The van der Waals surface area contributed by atoms with Crippen LogP contribution in [-0.4, -0.2) is 11.9 Å². The first-order chi connectivity index (χ1) is 6.91. The molecule has 0 aromatic carbocycles. The van der Waals surface area contributed by atoms with Gasteiger partial charge in [-0.3, -0.25) is 4.99 Å². The molecule has 0 amide bonds. The number of amidine groups is 1. The van der Waals surface area contributed by atoms with Gasteiger partial charge >= 0.3 is 0 Å². The van der Waals surface area contributed by atoms with Gasteiger partial charge in [0.2, 0.25) is 0 Å². The van der Waals surface area contributed by atoms with Crippen molar-refractivity contribution in [1.29, 1.82) is 0 Å². The Morgan fingerprint density at radius 1 is 1.20 bits per heavy atom. The first-order valence-electron chi connectivity index (χ1n) is 6.24. The van der Waals surface area contributed by atoms with Gasteiger partial charge in [-0.1, -0.05) is 40.0 Å². The molecule has 2 heteroatoms. The lowest BCUT2D eigenvalue weighted by atomic mass is 9.86. The van der Waals surface area contributed by atoms with E-state index in [1.807, 2.05) is 0 Å². The highest BCUT2D eigenvalue weighted by Gasteiger charge is 2.22. The summed E-state index contributed by atoms with van der Waals surface area (Å²) in [5.41, 5.74) is 6.32. The minimum absolute atomic E-state index is 0.222. The lowest BCUT2D eigenvalue weighted by Gasteiger charge is -2.27. The second-order valence-electron chi connectivity index (χ2n) is 5.93. The molecule has 1 aliphatic carbocycles. The largest absolute Gasteiger partial charge is 0.387 e. The van der Waals surface area contributed by atoms with Gasteiger partial charge in [0.1, 0.15) is 0 Å². The van der Waals surface area contributed by atoms with Crippen molar-refractivity contribution in [2.24, 2.45) is 22.1 Å². The molecule has 0 bridgehead atoms. The molecule has 1 fully saturated rings. The monoisotopic (exact) mass is 210 g/mol. The van der Waals surface area contributed by atoms with Crippen LogP contribution in [0.15, 0.2) is 4.99 Å². The maximum atomic E-state index is 6.10. The van der Waals surface area contributed by atoms with E-state index >= 15 is 0 Å². The molecule has 1 aliphatic rings. The summed E-state index contributed by atoms with van der Waals surface area (Å²) in [6.45, 7) is 8.82. The summed E-state index contributed by atoms with van der Waals surface area (Å²) >= 11 is 0. The molecule has 0 radical (unpaired) electrons. The molecule has 0 saturated heterocycles. The Kier molecular flexibility index (Phi) is 4.18. The van der Waals surface area contributed by atoms with Crippen molar-refractivity contribution in [3.63, 3.8) is 0 Å². The topological polar surface area (TPSA) is 38.4 Å². The smallest absolute Gasteiger partial charge is 0.0971 e. The van der Waals surface area contributed by atoms with Crippen molar-refractivity contribution in [2.45, 2.75) is 65.8 Å². The minimum Gasteiger partial charge on any atom is -0.387 e. The molecule has 2 N–H and O–H groups in total. The van der Waals surface area contributed by atoms with Crippen LogP contribution in [0.5, 0.6) is 0 Å². The maximum Gasteiger partial charge on any atom is 0.0971 e. The third-order valence-corrected chi connectivity index (χ3v) is 3.62. The molecule has 0 aromatic rings. The molecule has 15 heavy (non-hydrogen) atoms. The standard InChI is InChI=1S/C13H26N2/c1-10(13(2,3)4)15-12(14)11-8-6-5-7-9-11/h10-11H,5-9H2,1-4H3,(H2,14,15). The molecule has 1 rings (SSSR count). The highest BCUT2D eigenvalue weighted by molar-refractivity contribution is 5.83. The predicted octanol–water partition coefficient (Wildman–Crippen LogP) is 3.36. The number of hydrogen-bond acceptors (Lipinski definition) is 1. The lowest BCUT2D eigenvalue weighted by Crippen LogP contribution is -2.30. The van der Waals surface area contributed by atoms with E-state index in [4.69, 9.17) is 5.73 Å². The van der Waals surface area contributed by atoms with Crippen LogP contribution in [0.3, 0.4) is 0 Å². The van der Waals surface area contributed by atoms with Gasteiger partial charge in [0.05, 0.1) is 11.9 Å². The van der Waals surface area contributed by atoms with Crippen LogP contribution in [0.1, 0.15) is 59.8 Å². The number of hydrogen-bond donors (Lipinski definition) is 1. The summed E-state index contributed by atoms with van der Waals surface area (Å²) in [5, 5.41) is 0. The molecular weight excluding hydrogens is 184 g/mol. The second kappa shape index (κ2) is 5.00. The zero-order valence-corrected chi connectivity index (χ0v) is 10.7. The Bertz CT molecular complexity index is 219. The predicted molar refractivity (Wildman–Crippen MR) is 67.1 cm³/mol. The van der Waals surface area contributed by atoms with Crippen molar-refractivity contribution in [2.75, 3.05) is 0 Å². The fraction of sp³-hybridized carbons (Fsp3) is 0.923. The highest BCUT2D eigenvalue weighted by Crippen LogP contribution is 2.26. The lowest BCUT2D eigenvalue weighted by molar-refractivity contribution is 0.338. The number of nitrogens with zero attached hydrogens (tertiary/aromatic N) is 1. The average Bonchev–Trinajstić information content (AvgIpc) is 2.17. The summed E-state index contributed by atoms with van der Waals surface area (Å²) in [7, 11) is 0. The van der Waals surface area contributed by atoms with Crippen LogP contribution in [-0.2, 0) is 0 Å². The Labute approximate surface area is 94.3 Å². The molecule has 1 saturated carbocycles. The molecule has 0 spiro atoms. The quantitative estimate of drug-likeness (QED) is 0.551. The summed E-state index contributed by atoms with van der Waals surface area (Å²) in [6.07, 6.45) is 6.51. The van der Waals surface area contributed by atoms with Gasteiger partial charge in [-0.05, 0) is 25.2 Å². The van der Waals surface area contributed by atoms with Crippen LogP contribution in [0.4, 0.5) is 0 Å². The van der Waals surface area contributed by atoms with E-state index in [9.17, 15) is 0 Å². The van der Waals surface area contributed by atoms with Crippen molar-refractivity contribution >= 4 is 5.84 Å². The molecule has 1 unspecified atom stereocenters. The van der Waals surface area contributed by atoms with Crippen molar-refractivity contribution in [3.8, 4) is 0 Å². The van der Waals surface area contributed by atoms with E-state index in [0.29, 0.717) is 12.0 Å². The molecule has 0 aliphatic heterocycles. The Hall–Kier alpha value is -0.530. The first-order valence-corrected chi connectivity index (χ1v) is 6.24. The van der Waals surface area contributed by atoms with E-state index in [2.05, 4.69) is 32.7 Å². The van der Waals surface area contributed by atoms with Crippen molar-refractivity contribution in [3.05, 3.63) is 0 Å². The first kappa shape index (κ1) is 12.5. The second-order valence-corrected chi connectivity index (χ2v) is 5.93. The zero-order chi connectivity index (χ0) is 11.5. The normalized spacial score (nSPS) is 22.8. The minimum atomic E-state index is 0.222. The summed E-state index contributed by atoms with van der Waals surface area (Å²) in [5.74, 6) is 1.46. The van der Waals surface area contributed by atoms with Gasteiger partial charge in [0, 0.05) is 5.92 Å². The van der Waals surface area contributed by atoms with Crippen molar-refractivity contribution < 1.29 is 0 Å². The molecule has 0 heterocycles. The molecule has 0 aromatic heterocycles. The average molecular weight is 210 g/mol. The number of nitrogens with two attached hydrogens (primary N) is 1. The van der Waals surface area contributed by atoms with Crippen LogP contribution >= 0.6 is 0 Å². The maximum absolute atomic E-state index is 6.10. The van der Waals surface area contributed by atoms with Crippen LogP contribution in [0, 0.1) is 11.3 Å². The highest BCUT2D eigenvalue weighted by atomic mass is 14.9. The number of aliphatic imine (C=N–C) groups is 1. The molecular formula is C13H26N2. The Morgan fingerprint density at radius 3 is 2.20 bits per heavy atom. The number of rotatable bonds is 2. The zero-order valence-electron chi connectivity index (χ0n) is 10.7. The van der Waals surface area contributed by atoms with Gasteiger partial charge in [0.15, 0.2) is 0 Å². The molecule has 1 atom stereocenters. The third-order valence-electron chi connectivity index (χ3n) is 3.62. The van der Waals surface area contributed by atoms with Gasteiger partial charge in [0.25, 0.3) is 0 Å². The van der Waals surface area contributed by atoms with E-state index in [1.54, 1.807) is 0 Å². The van der Waals surface area contributed by atoms with Crippen LogP contribution < -0.4 is 5.73 Å². The van der Waals surface area contributed by atoms with E-state index in [-0.39, 0.29) is 5.41 Å². The van der Waals surface area contributed by atoms with Crippen molar-refractivity contribution in [1.82, 2.24) is 0 Å². The van der Waals surface area contributed by atoms with E-state index in [0.717, 1.165) is 5.84 Å².